The van der Waals surface area contributed by atoms with Gasteiger partial charge in [0.2, 0.25) is 0 Å². The van der Waals surface area contributed by atoms with E-state index in [0.717, 1.165) is 19.3 Å². The van der Waals surface area contributed by atoms with E-state index in [1.165, 1.54) is 0 Å². The van der Waals surface area contributed by atoms with E-state index in [-0.39, 0.29) is 5.97 Å². The van der Waals surface area contributed by atoms with Crippen LogP contribution in [0.5, 0.6) is 0 Å². The first-order valence-electron chi connectivity index (χ1n) is 4.61. The Labute approximate surface area is 83.4 Å². The molecule has 13 heavy (non-hydrogen) atoms. The highest BCUT2D eigenvalue weighted by Crippen LogP contribution is 2.35. The maximum Gasteiger partial charge on any atom is 0.326 e. The molecule has 0 heterocycles. The molecule has 0 amide bonds. The first-order chi connectivity index (χ1) is 6.12. The fourth-order valence-corrected chi connectivity index (χ4v) is 2.51. The van der Waals surface area contributed by atoms with Crippen LogP contribution >= 0.6 is 11.8 Å². The quantitative estimate of drug-likeness (QED) is 0.699. The van der Waals surface area contributed by atoms with Gasteiger partial charge in [0.05, 0.1) is 6.61 Å². The smallest absolute Gasteiger partial charge is 0.326 e. The van der Waals surface area contributed by atoms with Crippen molar-refractivity contribution in [3.8, 4) is 0 Å². The van der Waals surface area contributed by atoms with Crippen LogP contribution in [0.25, 0.3) is 0 Å². The summed E-state index contributed by atoms with van der Waals surface area (Å²) in [7, 11) is 0. The Bertz CT molecular complexity index is 198. The Balaban J connectivity index is 2.53. The lowest BCUT2D eigenvalue weighted by Crippen LogP contribution is -2.47. The van der Waals surface area contributed by atoms with Crippen molar-refractivity contribution in [1.29, 1.82) is 0 Å². The highest BCUT2D eigenvalue weighted by molar-refractivity contribution is 7.99. The molecule has 1 fully saturated rings. The van der Waals surface area contributed by atoms with Gasteiger partial charge in [0.25, 0.3) is 0 Å². The van der Waals surface area contributed by atoms with Gasteiger partial charge in [-0.3, -0.25) is 4.79 Å². The van der Waals surface area contributed by atoms with Crippen LogP contribution in [0.1, 0.15) is 26.2 Å². The van der Waals surface area contributed by atoms with E-state index in [1.807, 2.05) is 6.92 Å². The molecule has 0 radical (unpaired) electrons. The van der Waals surface area contributed by atoms with Gasteiger partial charge >= 0.3 is 5.97 Å². The largest absolute Gasteiger partial charge is 0.465 e. The van der Waals surface area contributed by atoms with Crippen molar-refractivity contribution >= 4 is 17.7 Å². The van der Waals surface area contributed by atoms with Crippen molar-refractivity contribution < 1.29 is 9.53 Å². The zero-order valence-corrected chi connectivity index (χ0v) is 9.02. The summed E-state index contributed by atoms with van der Waals surface area (Å²) in [5, 5.41) is 0.523. The highest BCUT2D eigenvalue weighted by Gasteiger charge is 2.42. The van der Waals surface area contributed by atoms with Gasteiger partial charge in [0, 0.05) is 5.25 Å². The maximum atomic E-state index is 11.5. The summed E-state index contributed by atoms with van der Waals surface area (Å²) < 4.78 is 4.95. The zero-order valence-electron chi connectivity index (χ0n) is 8.21. The predicted molar refractivity (Wildman–Crippen MR) is 54.7 cm³/mol. The molecule has 0 aliphatic heterocycles. The molecule has 76 valence electrons. The lowest BCUT2D eigenvalue weighted by atomic mass is 10.00. The van der Waals surface area contributed by atoms with Crippen LogP contribution in [0.3, 0.4) is 0 Å². The molecule has 3 nitrogen and oxygen atoms in total. The molecular formula is C9H17NO2S. The molecule has 2 unspecified atom stereocenters. The molecule has 1 rings (SSSR count). The molecule has 0 spiro atoms. The van der Waals surface area contributed by atoms with Crippen molar-refractivity contribution in [2.45, 2.75) is 37.0 Å². The third-order valence-electron chi connectivity index (χ3n) is 2.52. The molecule has 2 atom stereocenters. The lowest BCUT2D eigenvalue weighted by molar-refractivity contribution is -0.149. The van der Waals surface area contributed by atoms with Crippen molar-refractivity contribution in [3.05, 3.63) is 0 Å². The summed E-state index contributed by atoms with van der Waals surface area (Å²) in [5.74, 6) is -0.230. The van der Waals surface area contributed by atoms with E-state index in [2.05, 4.69) is 6.26 Å². The first kappa shape index (κ1) is 10.9. The van der Waals surface area contributed by atoms with Crippen molar-refractivity contribution in [1.82, 2.24) is 0 Å². The Hall–Kier alpha value is -0.220. The second kappa shape index (κ2) is 4.33. The minimum Gasteiger partial charge on any atom is -0.465 e. The van der Waals surface area contributed by atoms with Crippen molar-refractivity contribution in [2.75, 3.05) is 12.9 Å². The summed E-state index contributed by atoms with van der Waals surface area (Å²) in [6.07, 6.45) is 4.60. The second-order valence-corrected chi connectivity index (χ2v) is 4.62. The number of carbonyl (C=O) groups excluding carboxylic acids is 1. The molecule has 0 aromatic heterocycles. The normalized spacial score (nSPS) is 33.3. The van der Waals surface area contributed by atoms with Crippen LogP contribution in [-0.4, -0.2) is 29.6 Å². The first-order valence-corrected chi connectivity index (χ1v) is 5.90. The van der Waals surface area contributed by atoms with Crippen molar-refractivity contribution in [2.24, 2.45) is 5.73 Å². The van der Waals surface area contributed by atoms with Gasteiger partial charge in [0.1, 0.15) is 5.54 Å². The standard InChI is InChI=1S/C9H17NO2S/c1-3-12-8(11)9(10)5-4-7(6-9)13-2/h7H,3-6,10H2,1-2H3. The molecular weight excluding hydrogens is 186 g/mol. The topological polar surface area (TPSA) is 52.3 Å². The zero-order chi connectivity index (χ0) is 9.90. The molecule has 1 saturated carbocycles. The maximum absolute atomic E-state index is 11.5. The summed E-state index contributed by atoms with van der Waals surface area (Å²) >= 11 is 1.78. The number of nitrogens with two attached hydrogens (primary N) is 1. The SMILES string of the molecule is CCOC(=O)C1(N)CCC(SC)C1. The Morgan fingerprint density at radius 3 is 2.92 bits per heavy atom. The van der Waals surface area contributed by atoms with Crippen LogP contribution < -0.4 is 5.73 Å². The predicted octanol–water partition coefficient (Wildman–Crippen LogP) is 1.16. The molecule has 0 saturated heterocycles. The van der Waals surface area contributed by atoms with E-state index in [9.17, 15) is 4.79 Å². The Morgan fingerprint density at radius 2 is 2.46 bits per heavy atom. The number of esters is 1. The molecule has 1 aliphatic rings. The van der Waals surface area contributed by atoms with Gasteiger partial charge in [-0.25, -0.2) is 0 Å². The fourth-order valence-electron chi connectivity index (χ4n) is 1.69. The van der Waals surface area contributed by atoms with Crippen molar-refractivity contribution in [3.63, 3.8) is 0 Å². The lowest BCUT2D eigenvalue weighted by Gasteiger charge is -2.21. The van der Waals surface area contributed by atoms with E-state index in [4.69, 9.17) is 10.5 Å². The Morgan fingerprint density at radius 1 is 1.77 bits per heavy atom. The van der Waals surface area contributed by atoms with E-state index in [1.54, 1.807) is 11.8 Å². The van der Waals surface area contributed by atoms with E-state index >= 15 is 0 Å². The molecule has 4 heteroatoms. The minimum atomic E-state index is -0.705. The summed E-state index contributed by atoms with van der Waals surface area (Å²) in [6.45, 7) is 2.23. The van der Waals surface area contributed by atoms with E-state index < -0.39 is 5.54 Å². The van der Waals surface area contributed by atoms with Gasteiger partial charge in [0.15, 0.2) is 0 Å². The van der Waals surface area contributed by atoms with Gasteiger partial charge in [-0.2, -0.15) is 11.8 Å². The average molecular weight is 203 g/mol. The van der Waals surface area contributed by atoms with Crippen LogP contribution in [0.15, 0.2) is 0 Å². The van der Waals surface area contributed by atoms with Gasteiger partial charge in [-0.1, -0.05) is 0 Å². The summed E-state index contributed by atoms with van der Waals surface area (Å²) in [5.41, 5.74) is 5.26. The van der Waals surface area contributed by atoms with Crippen LogP contribution in [0.2, 0.25) is 0 Å². The van der Waals surface area contributed by atoms with E-state index in [0.29, 0.717) is 11.9 Å². The van der Waals surface area contributed by atoms with Gasteiger partial charge in [-0.15, -0.1) is 0 Å². The molecule has 2 N–H and O–H groups in total. The number of rotatable bonds is 3. The third-order valence-corrected chi connectivity index (χ3v) is 3.59. The monoisotopic (exact) mass is 203 g/mol. The minimum absolute atomic E-state index is 0.230. The van der Waals surface area contributed by atoms with Gasteiger partial charge < -0.3 is 10.5 Å². The molecule has 0 aromatic rings. The molecule has 1 aliphatic carbocycles. The second-order valence-electron chi connectivity index (χ2n) is 3.48. The highest BCUT2D eigenvalue weighted by atomic mass is 32.2. The average Bonchev–Trinajstić information content (AvgIpc) is 2.49. The summed E-state index contributed by atoms with van der Waals surface area (Å²) in [6, 6.07) is 0. The Kier molecular flexibility index (Phi) is 3.62. The number of hydrogen-bond donors (Lipinski definition) is 1. The van der Waals surface area contributed by atoms with Gasteiger partial charge in [-0.05, 0) is 32.4 Å². The number of carbonyl (C=O) groups is 1. The fraction of sp³-hybridized carbons (Fsp3) is 0.889. The third kappa shape index (κ3) is 2.38. The molecule has 0 aromatic carbocycles. The van der Waals surface area contributed by atoms with Crippen LogP contribution in [-0.2, 0) is 9.53 Å². The summed E-state index contributed by atoms with van der Waals surface area (Å²) in [4.78, 5) is 11.5. The number of hydrogen-bond acceptors (Lipinski definition) is 4. The van der Waals surface area contributed by atoms with Crippen LogP contribution in [0, 0.1) is 0 Å². The number of ether oxygens (including phenoxy) is 1. The van der Waals surface area contributed by atoms with Crippen LogP contribution in [0.4, 0.5) is 0 Å². The molecule has 0 bridgehead atoms. The number of thioether (sulfide) groups is 1.